The number of rotatable bonds is 3. The van der Waals surface area contributed by atoms with E-state index in [1.807, 2.05) is 25.1 Å². The molecule has 0 aliphatic rings. The summed E-state index contributed by atoms with van der Waals surface area (Å²) in [7, 11) is 0. The third-order valence-electron chi connectivity index (χ3n) is 2.82. The summed E-state index contributed by atoms with van der Waals surface area (Å²) in [5.74, 6) is -0.238. The van der Waals surface area contributed by atoms with E-state index in [0.29, 0.717) is 11.4 Å². The Balaban J connectivity index is 2.16. The predicted octanol–water partition coefficient (Wildman–Crippen LogP) is 5.31. The van der Waals surface area contributed by atoms with Gasteiger partial charge in [-0.1, -0.05) is 35.9 Å². The Bertz CT molecular complexity index is 535. The van der Waals surface area contributed by atoms with E-state index >= 15 is 0 Å². The van der Waals surface area contributed by atoms with Crippen LogP contribution in [0.4, 0.5) is 4.39 Å². The second-order valence-electron chi connectivity index (χ2n) is 4.32. The van der Waals surface area contributed by atoms with E-state index in [4.69, 9.17) is 23.2 Å². The fourth-order valence-electron chi connectivity index (χ4n) is 1.82. The van der Waals surface area contributed by atoms with Crippen molar-refractivity contribution in [1.29, 1.82) is 0 Å². The van der Waals surface area contributed by atoms with Crippen LogP contribution in [-0.4, -0.2) is 0 Å². The van der Waals surface area contributed by atoms with E-state index in [-0.39, 0.29) is 11.2 Å². The normalized spacial score (nSPS) is 12.4. The van der Waals surface area contributed by atoms with Crippen LogP contribution in [0.15, 0.2) is 42.5 Å². The van der Waals surface area contributed by atoms with Crippen molar-refractivity contribution in [1.82, 2.24) is 0 Å². The van der Waals surface area contributed by atoms with Gasteiger partial charge in [0.05, 0.1) is 5.38 Å². The maximum atomic E-state index is 12.8. The first kappa shape index (κ1) is 13.4. The molecule has 0 heterocycles. The highest BCUT2D eigenvalue weighted by Gasteiger charge is 2.12. The zero-order valence-electron chi connectivity index (χ0n) is 9.96. The Morgan fingerprint density at radius 2 is 1.78 bits per heavy atom. The number of halogens is 3. The highest BCUT2D eigenvalue weighted by atomic mass is 35.5. The van der Waals surface area contributed by atoms with Crippen LogP contribution in [0.1, 0.15) is 22.1 Å². The summed E-state index contributed by atoms with van der Waals surface area (Å²) < 4.78 is 12.8. The Morgan fingerprint density at radius 1 is 1.11 bits per heavy atom. The Kier molecular flexibility index (Phi) is 4.26. The summed E-state index contributed by atoms with van der Waals surface area (Å²) in [6.07, 6.45) is 0.630. The molecule has 0 radical (unpaired) electrons. The van der Waals surface area contributed by atoms with Gasteiger partial charge in [0.2, 0.25) is 0 Å². The molecule has 1 unspecified atom stereocenters. The maximum absolute atomic E-state index is 12.8. The van der Waals surface area contributed by atoms with Crippen LogP contribution in [-0.2, 0) is 6.42 Å². The number of alkyl halides is 1. The van der Waals surface area contributed by atoms with Gasteiger partial charge >= 0.3 is 0 Å². The van der Waals surface area contributed by atoms with Crippen LogP contribution in [0.5, 0.6) is 0 Å². The van der Waals surface area contributed by atoms with Gasteiger partial charge in [0.15, 0.2) is 0 Å². The first-order chi connectivity index (χ1) is 8.56. The monoisotopic (exact) mass is 282 g/mol. The molecule has 0 saturated heterocycles. The van der Waals surface area contributed by atoms with E-state index in [1.54, 1.807) is 12.1 Å². The van der Waals surface area contributed by atoms with Crippen LogP contribution >= 0.6 is 23.2 Å². The van der Waals surface area contributed by atoms with Gasteiger partial charge in [0, 0.05) is 5.02 Å². The number of hydrogen-bond donors (Lipinski definition) is 0. The van der Waals surface area contributed by atoms with Gasteiger partial charge in [-0.2, -0.15) is 0 Å². The fourth-order valence-corrected chi connectivity index (χ4v) is 2.61. The SMILES string of the molecule is Cc1ccc(C(Cl)Cc2ccc(F)cc2)c(Cl)c1. The van der Waals surface area contributed by atoms with Gasteiger partial charge < -0.3 is 0 Å². The molecule has 2 aromatic carbocycles. The first-order valence-electron chi connectivity index (χ1n) is 5.71. The lowest BCUT2D eigenvalue weighted by Gasteiger charge is -2.12. The molecule has 0 nitrogen and oxygen atoms in total. The Hall–Kier alpha value is -1.05. The Morgan fingerprint density at radius 3 is 2.39 bits per heavy atom. The molecule has 0 fully saturated rings. The highest BCUT2D eigenvalue weighted by Crippen LogP contribution is 2.31. The van der Waals surface area contributed by atoms with E-state index in [2.05, 4.69) is 0 Å². The van der Waals surface area contributed by atoms with Crippen LogP contribution in [0, 0.1) is 12.7 Å². The highest BCUT2D eigenvalue weighted by molar-refractivity contribution is 6.32. The molecule has 1 atom stereocenters. The number of hydrogen-bond acceptors (Lipinski definition) is 0. The molecule has 2 aromatic rings. The van der Waals surface area contributed by atoms with E-state index < -0.39 is 0 Å². The minimum absolute atomic E-state index is 0.205. The lowest BCUT2D eigenvalue weighted by molar-refractivity contribution is 0.627. The summed E-state index contributed by atoms with van der Waals surface area (Å²) in [5.41, 5.74) is 3.01. The van der Waals surface area contributed by atoms with Crippen molar-refractivity contribution in [3.8, 4) is 0 Å². The minimum atomic E-state index is -0.238. The molecule has 0 saturated carbocycles. The van der Waals surface area contributed by atoms with Gasteiger partial charge in [-0.05, 0) is 48.2 Å². The van der Waals surface area contributed by atoms with Gasteiger partial charge in [0.25, 0.3) is 0 Å². The summed E-state index contributed by atoms with van der Waals surface area (Å²) in [6.45, 7) is 1.98. The molecule has 0 aromatic heterocycles. The summed E-state index contributed by atoms with van der Waals surface area (Å²) >= 11 is 12.5. The second kappa shape index (κ2) is 5.73. The van der Waals surface area contributed by atoms with Crippen LogP contribution in [0.2, 0.25) is 5.02 Å². The molecule has 0 N–H and O–H groups in total. The van der Waals surface area contributed by atoms with Crippen molar-refractivity contribution in [3.63, 3.8) is 0 Å². The molecule has 0 aliphatic heterocycles. The van der Waals surface area contributed by atoms with Crippen molar-refractivity contribution in [2.75, 3.05) is 0 Å². The molecule has 0 spiro atoms. The average Bonchev–Trinajstić information content (AvgIpc) is 2.32. The van der Waals surface area contributed by atoms with Crippen molar-refractivity contribution in [3.05, 3.63) is 70.0 Å². The molecule has 18 heavy (non-hydrogen) atoms. The van der Waals surface area contributed by atoms with Crippen molar-refractivity contribution >= 4 is 23.2 Å². The number of benzene rings is 2. The predicted molar refractivity (Wildman–Crippen MR) is 74.9 cm³/mol. The molecule has 3 heteroatoms. The third-order valence-corrected chi connectivity index (χ3v) is 3.54. The molecule has 0 bridgehead atoms. The standard InChI is InChI=1S/C15H13Cl2F/c1-10-2-7-13(14(16)8-10)15(17)9-11-3-5-12(18)6-4-11/h2-8,15H,9H2,1H3. The van der Waals surface area contributed by atoms with E-state index in [1.165, 1.54) is 12.1 Å². The fraction of sp³-hybridized carbons (Fsp3) is 0.200. The topological polar surface area (TPSA) is 0 Å². The zero-order valence-corrected chi connectivity index (χ0v) is 11.5. The molecule has 2 rings (SSSR count). The quantitative estimate of drug-likeness (QED) is 0.669. The summed E-state index contributed by atoms with van der Waals surface area (Å²) in [5, 5.41) is 0.473. The largest absolute Gasteiger partial charge is 0.207 e. The first-order valence-corrected chi connectivity index (χ1v) is 6.52. The molecular weight excluding hydrogens is 270 g/mol. The van der Waals surface area contributed by atoms with Crippen LogP contribution < -0.4 is 0 Å². The minimum Gasteiger partial charge on any atom is -0.207 e. The van der Waals surface area contributed by atoms with E-state index in [0.717, 1.165) is 16.7 Å². The van der Waals surface area contributed by atoms with Crippen molar-refractivity contribution in [2.45, 2.75) is 18.7 Å². The lowest BCUT2D eigenvalue weighted by atomic mass is 10.0. The van der Waals surface area contributed by atoms with Crippen molar-refractivity contribution < 1.29 is 4.39 Å². The van der Waals surface area contributed by atoms with Gasteiger partial charge in [-0.25, -0.2) is 4.39 Å². The van der Waals surface area contributed by atoms with Crippen LogP contribution in [0.25, 0.3) is 0 Å². The molecular formula is C15H13Cl2F. The molecule has 0 aliphatic carbocycles. The molecule has 0 amide bonds. The van der Waals surface area contributed by atoms with Gasteiger partial charge in [-0.15, -0.1) is 11.6 Å². The maximum Gasteiger partial charge on any atom is 0.123 e. The van der Waals surface area contributed by atoms with Gasteiger partial charge in [0.1, 0.15) is 5.82 Å². The van der Waals surface area contributed by atoms with Crippen molar-refractivity contribution in [2.24, 2.45) is 0 Å². The number of aryl methyl sites for hydroxylation is 1. The Labute approximate surface area is 116 Å². The smallest absolute Gasteiger partial charge is 0.123 e. The second-order valence-corrected chi connectivity index (χ2v) is 5.26. The van der Waals surface area contributed by atoms with Gasteiger partial charge in [-0.3, -0.25) is 0 Å². The average molecular weight is 283 g/mol. The summed E-state index contributed by atoms with van der Waals surface area (Å²) in [6, 6.07) is 12.2. The summed E-state index contributed by atoms with van der Waals surface area (Å²) in [4.78, 5) is 0. The zero-order chi connectivity index (χ0) is 13.1. The van der Waals surface area contributed by atoms with E-state index in [9.17, 15) is 4.39 Å². The third kappa shape index (κ3) is 3.24. The molecule has 94 valence electrons. The lowest BCUT2D eigenvalue weighted by Crippen LogP contribution is -1.97. The van der Waals surface area contributed by atoms with Crippen LogP contribution in [0.3, 0.4) is 0 Å².